The highest BCUT2D eigenvalue weighted by Crippen LogP contribution is 2.61. The molecule has 4 saturated carbocycles. The molecule has 1 aliphatic heterocycles. The van der Waals surface area contributed by atoms with E-state index in [2.05, 4.69) is 22.4 Å². The van der Waals surface area contributed by atoms with Gasteiger partial charge in [0, 0.05) is 17.3 Å². The molecule has 4 fully saturated rings. The summed E-state index contributed by atoms with van der Waals surface area (Å²) >= 11 is 0. The van der Waals surface area contributed by atoms with Crippen molar-refractivity contribution >= 4 is 17.0 Å². The second kappa shape index (κ2) is 7.70. The third kappa shape index (κ3) is 3.34. The number of rotatable bonds is 5. The summed E-state index contributed by atoms with van der Waals surface area (Å²) in [6.07, 6.45) is 8.92. The molecule has 1 amide bonds. The maximum absolute atomic E-state index is 13.9. The molecule has 1 atom stereocenters. The predicted octanol–water partition coefficient (Wildman–Crippen LogP) is 5.65. The number of pyridine rings is 1. The minimum absolute atomic E-state index is 0.0618. The number of carbonyl (C=O) groups excluding carboxylic acids is 1. The fraction of sp³-hybridized carbons (Fsp3) is 0.536. The van der Waals surface area contributed by atoms with Crippen LogP contribution in [0, 0.1) is 30.1 Å². The first-order valence-corrected chi connectivity index (χ1v) is 13.0. The Morgan fingerprint density at radius 3 is 2.51 bits per heavy atom. The molecule has 8 rings (SSSR count). The van der Waals surface area contributed by atoms with Crippen LogP contribution >= 0.6 is 0 Å². The van der Waals surface area contributed by atoms with Crippen LogP contribution in [0.5, 0.6) is 11.5 Å². The van der Waals surface area contributed by atoms with Crippen LogP contribution in [0.2, 0.25) is 0 Å². The Morgan fingerprint density at radius 1 is 1.09 bits per heavy atom. The van der Waals surface area contributed by atoms with Gasteiger partial charge in [-0.05, 0) is 99.3 Å². The van der Waals surface area contributed by atoms with E-state index in [4.69, 9.17) is 14.0 Å². The van der Waals surface area contributed by atoms with Crippen LogP contribution in [0.3, 0.4) is 0 Å². The Hall–Kier alpha value is -3.09. The van der Waals surface area contributed by atoms with Crippen molar-refractivity contribution in [2.75, 3.05) is 6.79 Å². The van der Waals surface area contributed by atoms with E-state index in [0.717, 1.165) is 35.4 Å². The average molecular weight is 474 g/mol. The van der Waals surface area contributed by atoms with Gasteiger partial charge < -0.3 is 19.3 Å². The van der Waals surface area contributed by atoms with Crippen molar-refractivity contribution < 1.29 is 18.8 Å². The number of benzene rings is 1. The van der Waals surface area contributed by atoms with Crippen molar-refractivity contribution in [3.8, 4) is 22.8 Å². The van der Waals surface area contributed by atoms with E-state index in [1.807, 2.05) is 31.2 Å². The normalized spacial score (nSPS) is 29.0. The van der Waals surface area contributed by atoms with E-state index in [9.17, 15) is 4.79 Å². The Bertz CT molecular complexity index is 1290. The molecular weight excluding hydrogens is 442 g/mol. The van der Waals surface area contributed by atoms with E-state index < -0.39 is 0 Å². The van der Waals surface area contributed by atoms with Gasteiger partial charge in [0.15, 0.2) is 11.5 Å². The molecule has 182 valence electrons. The summed E-state index contributed by atoms with van der Waals surface area (Å²) in [6, 6.07) is 7.69. The van der Waals surface area contributed by atoms with Gasteiger partial charge in [-0.15, -0.1) is 0 Å². The number of aromatic nitrogens is 2. The first-order chi connectivity index (χ1) is 17.0. The highest BCUT2D eigenvalue weighted by molar-refractivity contribution is 6.09. The van der Waals surface area contributed by atoms with Crippen LogP contribution < -0.4 is 14.8 Å². The molecule has 0 unspecified atom stereocenters. The molecule has 4 bridgehead atoms. The van der Waals surface area contributed by atoms with Crippen molar-refractivity contribution in [3.63, 3.8) is 0 Å². The Kier molecular flexibility index (Phi) is 4.67. The van der Waals surface area contributed by atoms with E-state index >= 15 is 0 Å². The van der Waals surface area contributed by atoms with Crippen molar-refractivity contribution in [3.05, 3.63) is 35.5 Å². The zero-order valence-corrected chi connectivity index (χ0v) is 20.3. The monoisotopic (exact) mass is 473 g/mol. The SMILES string of the molecule is CC[C@H](NC(=O)c1cc(C)nc2onc(-c3ccc4c(c3)OCO4)c12)C12CC3CC(CC(C3)C1)C2. The summed E-state index contributed by atoms with van der Waals surface area (Å²) in [5.74, 6) is 3.84. The first kappa shape index (κ1) is 21.2. The lowest BCUT2D eigenvalue weighted by atomic mass is 9.47. The van der Waals surface area contributed by atoms with Gasteiger partial charge >= 0.3 is 0 Å². The Morgan fingerprint density at radius 2 is 1.80 bits per heavy atom. The van der Waals surface area contributed by atoms with Gasteiger partial charge in [-0.1, -0.05) is 12.1 Å². The van der Waals surface area contributed by atoms with E-state index in [1.165, 1.54) is 38.5 Å². The molecule has 1 N–H and O–H groups in total. The van der Waals surface area contributed by atoms with Gasteiger partial charge in [-0.25, -0.2) is 4.98 Å². The van der Waals surface area contributed by atoms with E-state index in [-0.39, 0.29) is 24.2 Å². The predicted molar refractivity (Wildman–Crippen MR) is 130 cm³/mol. The number of nitrogens with one attached hydrogen (secondary N) is 1. The molecule has 0 radical (unpaired) electrons. The lowest BCUT2D eigenvalue weighted by Crippen LogP contribution is -2.56. The van der Waals surface area contributed by atoms with Crippen LogP contribution in [0.25, 0.3) is 22.4 Å². The fourth-order valence-electron chi connectivity index (χ4n) is 8.02. The number of hydrogen-bond donors (Lipinski definition) is 1. The number of aryl methyl sites for hydroxylation is 1. The number of amides is 1. The second-order valence-corrected chi connectivity index (χ2v) is 11.3. The third-order valence-electron chi connectivity index (χ3n) is 9.00. The lowest BCUT2D eigenvalue weighted by molar-refractivity contribution is -0.0727. The molecule has 3 aromatic rings. The van der Waals surface area contributed by atoms with E-state index in [1.54, 1.807) is 0 Å². The first-order valence-electron chi connectivity index (χ1n) is 13.0. The van der Waals surface area contributed by atoms with Crippen molar-refractivity contribution in [1.29, 1.82) is 0 Å². The Balaban J connectivity index is 1.25. The largest absolute Gasteiger partial charge is 0.454 e. The molecule has 1 aromatic carbocycles. The minimum atomic E-state index is -0.0618. The smallest absolute Gasteiger partial charge is 0.259 e. The van der Waals surface area contributed by atoms with Gasteiger partial charge in [-0.2, -0.15) is 0 Å². The van der Waals surface area contributed by atoms with Crippen LogP contribution in [0.15, 0.2) is 28.8 Å². The van der Waals surface area contributed by atoms with Crippen LogP contribution in [-0.4, -0.2) is 28.9 Å². The maximum atomic E-state index is 13.9. The quantitative estimate of drug-likeness (QED) is 0.515. The number of carbonyl (C=O) groups is 1. The molecule has 7 nitrogen and oxygen atoms in total. The molecule has 5 aliphatic rings. The zero-order chi connectivity index (χ0) is 23.7. The van der Waals surface area contributed by atoms with Gasteiger partial charge in [0.1, 0.15) is 5.69 Å². The van der Waals surface area contributed by atoms with Gasteiger partial charge in [0.25, 0.3) is 11.6 Å². The summed E-state index contributed by atoms with van der Waals surface area (Å²) < 4.78 is 16.6. The van der Waals surface area contributed by atoms with Crippen LogP contribution in [0.1, 0.15) is 67.9 Å². The zero-order valence-electron chi connectivity index (χ0n) is 20.3. The maximum Gasteiger partial charge on any atom is 0.259 e. The second-order valence-electron chi connectivity index (χ2n) is 11.3. The topological polar surface area (TPSA) is 86.5 Å². The van der Waals surface area contributed by atoms with Gasteiger partial charge in [-0.3, -0.25) is 4.79 Å². The van der Waals surface area contributed by atoms with Crippen LogP contribution in [-0.2, 0) is 0 Å². The molecule has 0 saturated heterocycles. The molecular formula is C28H31N3O4. The van der Waals surface area contributed by atoms with Crippen LogP contribution in [0.4, 0.5) is 0 Å². The molecule has 2 aromatic heterocycles. The summed E-state index contributed by atoms with van der Waals surface area (Å²) in [7, 11) is 0. The number of hydrogen-bond acceptors (Lipinski definition) is 6. The summed E-state index contributed by atoms with van der Waals surface area (Å²) in [6.45, 7) is 4.30. The van der Waals surface area contributed by atoms with Crippen molar-refractivity contribution in [2.24, 2.45) is 23.2 Å². The number of fused-ring (bicyclic) bond motifs is 2. The lowest BCUT2D eigenvalue weighted by Gasteiger charge is -2.59. The summed E-state index contributed by atoms with van der Waals surface area (Å²) in [5, 5.41) is 8.45. The fourth-order valence-corrected chi connectivity index (χ4v) is 8.02. The number of nitrogens with zero attached hydrogens (tertiary/aromatic N) is 2. The summed E-state index contributed by atoms with van der Waals surface area (Å²) in [5.41, 5.74) is 3.34. The molecule has 7 heteroatoms. The highest BCUT2D eigenvalue weighted by atomic mass is 16.7. The van der Waals surface area contributed by atoms with Crippen molar-refractivity contribution in [2.45, 2.75) is 64.8 Å². The molecule has 3 heterocycles. The molecule has 35 heavy (non-hydrogen) atoms. The third-order valence-corrected chi connectivity index (χ3v) is 9.00. The van der Waals surface area contributed by atoms with Gasteiger partial charge in [0.2, 0.25) is 6.79 Å². The molecule has 4 aliphatic carbocycles. The van der Waals surface area contributed by atoms with Crippen molar-refractivity contribution in [1.82, 2.24) is 15.5 Å². The summed E-state index contributed by atoms with van der Waals surface area (Å²) in [4.78, 5) is 18.4. The highest BCUT2D eigenvalue weighted by Gasteiger charge is 2.54. The number of ether oxygens (including phenoxy) is 2. The Labute approximate surface area is 204 Å². The molecule has 0 spiro atoms. The standard InChI is InChI=1S/C28H31N3O4/c1-3-23(28-11-16-7-17(12-28)9-18(8-16)13-28)30-26(32)20-6-15(2)29-27-24(20)25(31-35-27)19-4-5-21-22(10-19)34-14-33-21/h4-6,10,16-18,23H,3,7-9,11-14H2,1-2H3,(H,30,32)/t16?,17?,18?,23-,28?/m0/s1. The minimum Gasteiger partial charge on any atom is -0.454 e. The average Bonchev–Trinajstić information content (AvgIpc) is 3.47. The van der Waals surface area contributed by atoms with E-state index in [0.29, 0.717) is 33.9 Å². The van der Waals surface area contributed by atoms with Gasteiger partial charge in [0.05, 0.1) is 10.9 Å².